The zero-order valence-corrected chi connectivity index (χ0v) is 12.3. The minimum absolute atomic E-state index is 0.0871. The predicted octanol–water partition coefficient (Wildman–Crippen LogP) is 4.13. The molecule has 1 aliphatic heterocycles. The maximum atomic E-state index is 13.0. The molecular weight excluding hydrogens is 297 g/mol. The summed E-state index contributed by atoms with van der Waals surface area (Å²) in [7, 11) is 0. The van der Waals surface area contributed by atoms with Crippen molar-refractivity contribution in [1.29, 1.82) is 0 Å². The molecule has 2 rings (SSSR count). The molecule has 0 aromatic heterocycles. The molecule has 0 saturated heterocycles. The van der Waals surface area contributed by atoms with Crippen LogP contribution in [0.15, 0.2) is 17.7 Å². The number of carboxylic acids is 1. The first-order valence-electron chi connectivity index (χ1n) is 7.05. The van der Waals surface area contributed by atoms with E-state index in [1.807, 2.05) is 13.8 Å². The van der Waals surface area contributed by atoms with E-state index in [9.17, 15) is 18.0 Å². The average Bonchev–Trinajstić information content (AvgIpc) is 2.42. The first kappa shape index (κ1) is 16.4. The molecule has 1 aromatic rings. The Morgan fingerprint density at radius 1 is 1.36 bits per heavy atom. The monoisotopic (exact) mass is 314 g/mol. The van der Waals surface area contributed by atoms with Crippen molar-refractivity contribution in [3.8, 4) is 5.75 Å². The second-order valence-corrected chi connectivity index (χ2v) is 5.36. The molecule has 1 aliphatic rings. The molecule has 120 valence electrons. The second-order valence-electron chi connectivity index (χ2n) is 5.36. The quantitative estimate of drug-likeness (QED) is 0.909. The van der Waals surface area contributed by atoms with Crippen LogP contribution in [0.3, 0.4) is 0 Å². The summed E-state index contributed by atoms with van der Waals surface area (Å²) in [6, 6.07) is 3.27. The van der Waals surface area contributed by atoms with Gasteiger partial charge in [0.25, 0.3) is 0 Å². The molecule has 0 saturated carbocycles. The summed E-state index contributed by atoms with van der Waals surface area (Å²) in [5, 5.41) is 8.99. The van der Waals surface area contributed by atoms with Crippen molar-refractivity contribution in [2.75, 3.05) is 0 Å². The Kier molecular flexibility index (Phi) is 4.49. The first-order valence-corrected chi connectivity index (χ1v) is 7.05. The van der Waals surface area contributed by atoms with Crippen LogP contribution >= 0.6 is 0 Å². The Morgan fingerprint density at radius 3 is 2.59 bits per heavy atom. The zero-order valence-electron chi connectivity index (χ0n) is 12.3. The highest BCUT2D eigenvalue weighted by Crippen LogP contribution is 2.38. The molecule has 1 atom stereocenters. The fourth-order valence-electron chi connectivity index (χ4n) is 2.45. The van der Waals surface area contributed by atoms with Crippen LogP contribution in [0.5, 0.6) is 5.75 Å². The van der Waals surface area contributed by atoms with Crippen LogP contribution in [0.25, 0.3) is 6.08 Å². The Hall–Kier alpha value is -1.98. The number of carboxylic acid groups (broad SMARTS) is 1. The van der Waals surface area contributed by atoms with E-state index in [1.54, 1.807) is 12.1 Å². The van der Waals surface area contributed by atoms with E-state index in [4.69, 9.17) is 9.84 Å². The third-order valence-corrected chi connectivity index (χ3v) is 3.65. The third-order valence-electron chi connectivity index (χ3n) is 3.65. The minimum Gasteiger partial charge on any atom is -0.478 e. The van der Waals surface area contributed by atoms with Gasteiger partial charge in [-0.05, 0) is 49.1 Å². The number of unbranched alkanes of at least 4 members (excludes halogenated alkanes) is 1. The minimum atomic E-state index is -4.77. The van der Waals surface area contributed by atoms with Gasteiger partial charge in [0, 0.05) is 5.56 Å². The Balaban J connectivity index is 2.46. The number of rotatable bonds is 4. The van der Waals surface area contributed by atoms with E-state index in [-0.39, 0.29) is 5.75 Å². The number of fused-ring (bicyclic) bond motifs is 1. The summed E-state index contributed by atoms with van der Waals surface area (Å²) in [6.45, 7) is 3.89. The summed E-state index contributed by atoms with van der Waals surface area (Å²) in [5.74, 6) is -1.54. The average molecular weight is 314 g/mol. The van der Waals surface area contributed by atoms with E-state index in [1.165, 1.54) is 0 Å². The Bertz CT molecular complexity index is 618. The molecule has 1 aromatic carbocycles. The lowest BCUT2D eigenvalue weighted by molar-refractivity contribution is -0.187. The lowest BCUT2D eigenvalue weighted by atomic mass is 9.95. The zero-order chi connectivity index (χ0) is 16.5. The van der Waals surface area contributed by atoms with Gasteiger partial charge in [0.15, 0.2) is 0 Å². The number of hydrogen-bond acceptors (Lipinski definition) is 2. The molecule has 1 N–H and O–H groups in total. The summed E-state index contributed by atoms with van der Waals surface area (Å²) < 4.78 is 44.0. The number of alkyl halides is 3. The van der Waals surface area contributed by atoms with Crippen molar-refractivity contribution in [2.24, 2.45) is 0 Å². The van der Waals surface area contributed by atoms with E-state index >= 15 is 0 Å². The highest BCUT2D eigenvalue weighted by molar-refractivity contribution is 5.95. The van der Waals surface area contributed by atoms with Crippen molar-refractivity contribution in [2.45, 2.75) is 45.4 Å². The van der Waals surface area contributed by atoms with Crippen molar-refractivity contribution < 1.29 is 27.8 Å². The molecular formula is C16H17F3O3. The van der Waals surface area contributed by atoms with Gasteiger partial charge in [-0.2, -0.15) is 13.2 Å². The van der Waals surface area contributed by atoms with Crippen molar-refractivity contribution in [3.05, 3.63) is 34.4 Å². The van der Waals surface area contributed by atoms with Gasteiger partial charge in [0.1, 0.15) is 5.75 Å². The van der Waals surface area contributed by atoms with Gasteiger partial charge in [0.2, 0.25) is 6.10 Å². The van der Waals surface area contributed by atoms with Crippen LogP contribution in [-0.2, 0) is 11.2 Å². The SMILES string of the molecule is CCCCc1cc2c(cc1C)C=C(C(=O)O)C(C(F)(F)F)O2. The highest BCUT2D eigenvalue weighted by Gasteiger charge is 2.48. The van der Waals surface area contributed by atoms with Crippen LogP contribution in [0, 0.1) is 6.92 Å². The number of hydrogen-bond donors (Lipinski definition) is 1. The van der Waals surface area contributed by atoms with Crippen LogP contribution in [0.2, 0.25) is 0 Å². The van der Waals surface area contributed by atoms with Gasteiger partial charge >= 0.3 is 12.1 Å². The lowest BCUT2D eigenvalue weighted by Crippen LogP contribution is -2.40. The molecule has 1 heterocycles. The first-order chi connectivity index (χ1) is 10.2. The number of benzene rings is 1. The third kappa shape index (κ3) is 3.26. The Labute approximate surface area is 126 Å². The van der Waals surface area contributed by atoms with Crippen LogP contribution in [-0.4, -0.2) is 23.4 Å². The van der Waals surface area contributed by atoms with Gasteiger partial charge in [-0.25, -0.2) is 4.79 Å². The summed E-state index contributed by atoms with van der Waals surface area (Å²) in [6.07, 6.45) is -3.49. The molecule has 0 amide bonds. The normalized spacial score (nSPS) is 17.5. The maximum absolute atomic E-state index is 13.0. The number of carbonyl (C=O) groups is 1. The molecule has 0 spiro atoms. The number of ether oxygens (including phenoxy) is 1. The van der Waals surface area contributed by atoms with Crippen molar-refractivity contribution >= 4 is 12.0 Å². The summed E-state index contributed by atoms with van der Waals surface area (Å²) >= 11 is 0. The molecule has 0 fully saturated rings. The number of halogens is 3. The second kappa shape index (κ2) is 6.02. The summed E-state index contributed by atoms with van der Waals surface area (Å²) in [5.41, 5.74) is 1.42. The topological polar surface area (TPSA) is 46.5 Å². The van der Waals surface area contributed by atoms with E-state index in [2.05, 4.69) is 0 Å². The lowest BCUT2D eigenvalue weighted by Gasteiger charge is -2.27. The van der Waals surface area contributed by atoms with Gasteiger partial charge in [-0.15, -0.1) is 0 Å². The fourth-order valence-corrected chi connectivity index (χ4v) is 2.45. The van der Waals surface area contributed by atoms with Crippen LogP contribution in [0.1, 0.15) is 36.5 Å². The van der Waals surface area contributed by atoms with E-state index in [0.717, 1.165) is 36.5 Å². The van der Waals surface area contributed by atoms with Gasteiger partial charge < -0.3 is 9.84 Å². The predicted molar refractivity (Wildman–Crippen MR) is 75.9 cm³/mol. The van der Waals surface area contributed by atoms with E-state index in [0.29, 0.717) is 5.56 Å². The van der Waals surface area contributed by atoms with Crippen LogP contribution < -0.4 is 4.74 Å². The standard InChI is InChI=1S/C16H17F3O3/c1-3-4-5-10-8-13-11(6-9(10)2)7-12(15(20)21)14(22-13)16(17,18)19/h6-8,14H,3-5H2,1-2H3,(H,20,21). The van der Waals surface area contributed by atoms with Gasteiger partial charge in [0.05, 0.1) is 5.57 Å². The summed E-state index contributed by atoms with van der Waals surface area (Å²) in [4.78, 5) is 11.1. The maximum Gasteiger partial charge on any atom is 0.430 e. The fraction of sp³-hybridized carbons (Fsp3) is 0.438. The van der Waals surface area contributed by atoms with Crippen molar-refractivity contribution in [3.63, 3.8) is 0 Å². The molecule has 0 radical (unpaired) electrons. The highest BCUT2D eigenvalue weighted by atomic mass is 19.4. The molecule has 6 heteroatoms. The van der Waals surface area contributed by atoms with Crippen LogP contribution in [0.4, 0.5) is 13.2 Å². The molecule has 0 bridgehead atoms. The largest absolute Gasteiger partial charge is 0.478 e. The van der Waals surface area contributed by atoms with Crippen molar-refractivity contribution in [1.82, 2.24) is 0 Å². The van der Waals surface area contributed by atoms with E-state index < -0.39 is 23.8 Å². The molecule has 0 aliphatic carbocycles. The smallest absolute Gasteiger partial charge is 0.430 e. The Morgan fingerprint density at radius 2 is 2.05 bits per heavy atom. The molecule has 22 heavy (non-hydrogen) atoms. The number of aliphatic carboxylic acids is 1. The van der Waals surface area contributed by atoms with Gasteiger partial charge in [-0.1, -0.05) is 13.3 Å². The molecule has 1 unspecified atom stereocenters. The number of aryl methyl sites for hydroxylation is 2. The van der Waals surface area contributed by atoms with Gasteiger partial charge in [-0.3, -0.25) is 0 Å². The molecule has 3 nitrogen and oxygen atoms in total.